The largest absolute Gasteiger partial charge is 0.347 e. The van der Waals surface area contributed by atoms with Gasteiger partial charge in [-0.15, -0.1) is 0 Å². The van der Waals surface area contributed by atoms with Gasteiger partial charge in [0, 0.05) is 19.3 Å². The van der Waals surface area contributed by atoms with Gasteiger partial charge in [-0.3, -0.25) is 9.59 Å². The Morgan fingerprint density at radius 2 is 1.52 bits per heavy atom. The Labute approximate surface area is 124 Å². The first-order chi connectivity index (χ1) is 10.2. The van der Waals surface area contributed by atoms with Crippen LogP contribution in [0.4, 0.5) is 5.69 Å². The zero-order valence-electron chi connectivity index (χ0n) is 12.0. The van der Waals surface area contributed by atoms with E-state index in [1.807, 2.05) is 48.5 Å². The summed E-state index contributed by atoms with van der Waals surface area (Å²) in [6.45, 7) is 0.442. The Morgan fingerprint density at radius 1 is 0.952 bits per heavy atom. The second-order valence-electron chi connectivity index (χ2n) is 4.69. The monoisotopic (exact) mass is 282 g/mol. The molecule has 0 bridgehead atoms. The molecular formula is C17H18N2O2. The van der Waals surface area contributed by atoms with Crippen LogP contribution >= 0.6 is 0 Å². The summed E-state index contributed by atoms with van der Waals surface area (Å²) in [5.74, 6) is -1.15. The molecule has 0 aliphatic rings. The van der Waals surface area contributed by atoms with Crippen molar-refractivity contribution < 1.29 is 9.59 Å². The molecule has 4 nitrogen and oxygen atoms in total. The smallest absolute Gasteiger partial charge is 0.316 e. The van der Waals surface area contributed by atoms with E-state index in [0.717, 1.165) is 5.56 Å². The van der Waals surface area contributed by atoms with Gasteiger partial charge in [-0.2, -0.15) is 0 Å². The Hall–Kier alpha value is -2.62. The van der Waals surface area contributed by atoms with Crippen molar-refractivity contribution in [1.29, 1.82) is 0 Å². The predicted octanol–water partition coefficient (Wildman–Crippen LogP) is 2.01. The molecule has 21 heavy (non-hydrogen) atoms. The zero-order chi connectivity index (χ0) is 15.1. The summed E-state index contributed by atoms with van der Waals surface area (Å²) >= 11 is 0. The molecule has 0 aromatic heterocycles. The number of para-hydroxylation sites is 1. The van der Waals surface area contributed by atoms with E-state index in [2.05, 4.69) is 5.32 Å². The number of hydrogen-bond acceptors (Lipinski definition) is 2. The number of nitrogens with zero attached hydrogens (tertiary/aromatic N) is 1. The average Bonchev–Trinajstić information content (AvgIpc) is 2.55. The maximum Gasteiger partial charge on any atom is 0.316 e. The standard InChI is InChI=1S/C17H18N2O2/c1-19(15-10-6-3-7-11-15)17(21)16(20)18-13-12-14-8-4-2-5-9-14/h2-11H,12-13H2,1H3,(H,18,20). The summed E-state index contributed by atoms with van der Waals surface area (Å²) in [5.41, 5.74) is 1.82. The summed E-state index contributed by atoms with van der Waals surface area (Å²) in [6.07, 6.45) is 0.703. The van der Waals surface area contributed by atoms with E-state index in [1.54, 1.807) is 19.2 Å². The van der Waals surface area contributed by atoms with Crippen LogP contribution in [0.15, 0.2) is 60.7 Å². The number of carbonyl (C=O) groups excluding carboxylic acids is 2. The number of amides is 2. The zero-order valence-corrected chi connectivity index (χ0v) is 12.0. The molecule has 0 aliphatic carbocycles. The normalized spacial score (nSPS) is 9.95. The molecule has 0 spiro atoms. The molecule has 0 fully saturated rings. The second-order valence-corrected chi connectivity index (χ2v) is 4.69. The van der Waals surface area contributed by atoms with Gasteiger partial charge in [0.05, 0.1) is 0 Å². The molecule has 0 heterocycles. The van der Waals surface area contributed by atoms with Crippen molar-refractivity contribution in [3.63, 3.8) is 0 Å². The number of carbonyl (C=O) groups is 2. The number of rotatable bonds is 4. The van der Waals surface area contributed by atoms with E-state index < -0.39 is 11.8 Å². The van der Waals surface area contributed by atoms with Crippen LogP contribution in [0.25, 0.3) is 0 Å². The van der Waals surface area contributed by atoms with E-state index in [1.165, 1.54) is 4.90 Å². The number of anilines is 1. The van der Waals surface area contributed by atoms with Gasteiger partial charge in [0.15, 0.2) is 0 Å². The van der Waals surface area contributed by atoms with E-state index in [9.17, 15) is 9.59 Å². The molecule has 0 unspecified atom stereocenters. The van der Waals surface area contributed by atoms with Crippen molar-refractivity contribution in [3.05, 3.63) is 66.2 Å². The first-order valence-electron chi connectivity index (χ1n) is 6.83. The minimum absolute atomic E-state index is 0.442. The minimum Gasteiger partial charge on any atom is -0.347 e. The topological polar surface area (TPSA) is 49.4 Å². The second kappa shape index (κ2) is 7.24. The molecule has 2 aromatic rings. The van der Waals surface area contributed by atoms with E-state index in [4.69, 9.17) is 0 Å². The lowest BCUT2D eigenvalue weighted by atomic mass is 10.1. The van der Waals surface area contributed by atoms with Gasteiger partial charge in [-0.05, 0) is 24.1 Å². The number of nitrogens with one attached hydrogen (secondary N) is 1. The van der Waals surface area contributed by atoms with Crippen LogP contribution in [0.2, 0.25) is 0 Å². The highest BCUT2D eigenvalue weighted by molar-refractivity contribution is 6.40. The van der Waals surface area contributed by atoms with Crippen LogP contribution in [-0.4, -0.2) is 25.4 Å². The molecule has 0 saturated carbocycles. The Kier molecular flexibility index (Phi) is 5.10. The Balaban J connectivity index is 1.84. The SMILES string of the molecule is CN(C(=O)C(=O)NCCc1ccccc1)c1ccccc1. The van der Waals surface area contributed by atoms with Crippen LogP contribution < -0.4 is 10.2 Å². The molecule has 0 saturated heterocycles. The number of benzene rings is 2. The molecule has 0 aliphatic heterocycles. The summed E-state index contributed by atoms with van der Waals surface area (Å²) < 4.78 is 0. The predicted molar refractivity (Wildman–Crippen MR) is 83.0 cm³/mol. The highest BCUT2D eigenvalue weighted by Gasteiger charge is 2.18. The fourth-order valence-electron chi connectivity index (χ4n) is 1.96. The van der Waals surface area contributed by atoms with Crippen molar-refractivity contribution in [2.45, 2.75) is 6.42 Å². The number of likely N-dealkylation sites (N-methyl/N-ethyl adjacent to an activating group) is 1. The summed E-state index contributed by atoms with van der Waals surface area (Å²) in [4.78, 5) is 25.2. The van der Waals surface area contributed by atoms with Gasteiger partial charge >= 0.3 is 11.8 Å². The molecule has 108 valence electrons. The summed E-state index contributed by atoms with van der Waals surface area (Å²) in [7, 11) is 1.59. The molecule has 2 rings (SSSR count). The van der Waals surface area contributed by atoms with E-state index in [-0.39, 0.29) is 0 Å². The number of hydrogen-bond donors (Lipinski definition) is 1. The van der Waals surface area contributed by atoms with E-state index >= 15 is 0 Å². The highest BCUT2D eigenvalue weighted by atomic mass is 16.2. The fourth-order valence-corrected chi connectivity index (χ4v) is 1.96. The van der Waals surface area contributed by atoms with Gasteiger partial charge in [0.1, 0.15) is 0 Å². The molecule has 0 radical (unpaired) electrons. The third kappa shape index (κ3) is 4.18. The highest BCUT2D eigenvalue weighted by Crippen LogP contribution is 2.10. The third-order valence-electron chi connectivity index (χ3n) is 3.18. The summed E-state index contributed by atoms with van der Waals surface area (Å²) in [5, 5.41) is 2.65. The van der Waals surface area contributed by atoms with Crippen molar-refractivity contribution in [1.82, 2.24) is 5.32 Å². The molecule has 1 N–H and O–H groups in total. The van der Waals surface area contributed by atoms with Gasteiger partial charge in [-0.1, -0.05) is 48.5 Å². The first kappa shape index (κ1) is 14.8. The van der Waals surface area contributed by atoms with Gasteiger partial charge in [-0.25, -0.2) is 0 Å². The van der Waals surface area contributed by atoms with Gasteiger partial charge in [0.2, 0.25) is 0 Å². The quantitative estimate of drug-likeness (QED) is 0.872. The lowest BCUT2D eigenvalue weighted by molar-refractivity contribution is -0.137. The van der Waals surface area contributed by atoms with Gasteiger partial charge < -0.3 is 10.2 Å². The lowest BCUT2D eigenvalue weighted by Crippen LogP contribution is -2.41. The Bertz CT molecular complexity index is 597. The summed E-state index contributed by atoms with van der Waals surface area (Å²) in [6, 6.07) is 18.9. The molecular weight excluding hydrogens is 264 g/mol. The molecule has 4 heteroatoms. The molecule has 2 amide bonds. The fraction of sp³-hybridized carbons (Fsp3) is 0.176. The lowest BCUT2D eigenvalue weighted by Gasteiger charge is -2.16. The van der Waals surface area contributed by atoms with Crippen LogP contribution in [-0.2, 0) is 16.0 Å². The van der Waals surface area contributed by atoms with Crippen LogP contribution in [0.1, 0.15) is 5.56 Å². The molecule has 0 atom stereocenters. The average molecular weight is 282 g/mol. The van der Waals surface area contributed by atoms with Gasteiger partial charge in [0.25, 0.3) is 0 Å². The minimum atomic E-state index is -0.586. The van der Waals surface area contributed by atoms with Crippen LogP contribution in [0, 0.1) is 0 Å². The van der Waals surface area contributed by atoms with Crippen LogP contribution in [0.5, 0.6) is 0 Å². The van der Waals surface area contributed by atoms with E-state index in [0.29, 0.717) is 18.7 Å². The van der Waals surface area contributed by atoms with Crippen molar-refractivity contribution in [3.8, 4) is 0 Å². The van der Waals surface area contributed by atoms with Crippen molar-refractivity contribution >= 4 is 17.5 Å². The van der Waals surface area contributed by atoms with Crippen molar-refractivity contribution in [2.75, 3.05) is 18.5 Å². The first-order valence-corrected chi connectivity index (χ1v) is 6.83. The van der Waals surface area contributed by atoms with Crippen LogP contribution in [0.3, 0.4) is 0 Å². The maximum absolute atomic E-state index is 12.0. The Morgan fingerprint density at radius 3 is 2.14 bits per heavy atom. The maximum atomic E-state index is 12.0. The third-order valence-corrected chi connectivity index (χ3v) is 3.18. The van der Waals surface area contributed by atoms with Crippen molar-refractivity contribution in [2.24, 2.45) is 0 Å². The molecule has 2 aromatic carbocycles.